The standard InChI is InChI=1S/C19H32O2/c1-11-10-13(3)18(5)12(2)6-8-19(14(4)16(11)21)9-7-15(20)17(18)19/h11-14,16-17,21H,6-10H2,1-5H3. The van der Waals surface area contributed by atoms with E-state index >= 15 is 0 Å². The van der Waals surface area contributed by atoms with Crippen molar-refractivity contribution >= 4 is 5.78 Å². The number of aliphatic hydroxyl groups excluding tert-OH is 1. The van der Waals surface area contributed by atoms with Crippen molar-refractivity contribution in [1.29, 1.82) is 0 Å². The Labute approximate surface area is 129 Å². The Morgan fingerprint density at radius 3 is 2.43 bits per heavy atom. The largest absolute Gasteiger partial charge is 0.393 e. The van der Waals surface area contributed by atoms with Gasteiger partial charge in [-0.25, -0.2) is 0 Å². The Kier molecular flexibility index (Phi) is 3.56. The molecule has 2 bridgehead atoms. The molecule has 8 atom stereocenters. The number of aliphatic hydroxyl groups is 1. The quantitative estimate of drug-likeness (QED) is 0.731. The molecule has 0 aliphatic heterocycles. The molecule has 3 rings (SSSR count). The zero-order valence-electron chi connectivity index (χ0n) is 14.4. The molecule has 3 aliphatic carbocycles. The average molecular weight is 292 g/mol. The van der Waals surface area contributed by atoms with Crippen LogP contribution in [-0.2, 0) is 4.79 Å². The van der Waals surface area contributed by atoms with E-state index in [-0.39, 0.29) is 28.8 Å². The first kappa shape index (κ1) is 15.5. The molecule has 8 unspecified atom stereocenters. The van der Waals surface area contributed by atoms with Crippen LogP contribution in [0.1, 0.15) is 66.7 Å². The lowest BCUT2D eigenvalue weighted by atomic mass is 9.43. The lowest BCUT2D eigenvalue weighted by molar-refractivity contribution is -0.164. The van der Waals surface area contributed by atoms with Gasteiger partial charge in [0, 0.05) is 12.3 Å². The maximum absolute atomic E-state index is 12.8. The molecule has 0 aromatic rings. The van der Waals surface area contributed by atoms with Gasteiger partial charge in [-0.05, 0) is 60.2 Å². The van der Waals surface area contributed by atoms with Crippen LogP contribution in [-0.4, -0.2) is 17.0 Å². The molecule has 0 saturated heterocycles. The second kappa shape index (κ2) is 4.81. The number of Topliss-reactive ketones (excluding diaryl/α,β-unsaturated/α-hetero) is 1. The van der Waals surface area contributed by atoms with Crippen molar-refractivity contribution in [1.82, 2.24) is 0 Å². The van der Waals surface area contributed by atoms with Crippen LogP contribution in [0.5, 0.6) is 0 Å². The number of hydrogen-bond acceptors (Lipinski definition) is 2. The second-order valence-electron chi connectivity index (χ2n) is 8.83. The number of carbonyl (C=O) groups is 1. The highest BCUT2D eigenvalue weighted by Gasteiger charge is 2.65. The van der Waals surface area contributed by atoms with Crippen molar-refractivity contribution in [3.8, 4) is 0 Å². The molecule has 0 amide bonds. The highest BCUT2D eigenvalue weighted by molar-refractivity contribution is 5.85. The Bertz CT molecular complexity index is 445. The third-order valence-corrected chi connectivity index (χ3v) is 8.25. The summed E-state index contributed by atoms with van der Waals surface area (Å²) in [5.74, 6) is 2.39. The van der Waals surface area contributed by atoms with Crippen molar-refractivity contribution in [2.45, 2.75) is 72.8 Å². The third kappa shape index (κ3) is 1.84. The molecule has 3 saturated carbocycles. The Balaban J connectivity index is 2.16. The smallest absolute Gasteiger partial charge is 0.137 e. The Morgan fingerprint density at radius 1 is 1.10 bits per heavy atom. The second-order valence-corrected chi connectivity index (χ2v) is 8.83. The van der Waals surface area contributed by atoms with Gasteiger partial charge in [-0.2, -0.15) is 0 Å². The maximum Gasteiger partial charge on any atom is 0.137 e. The van der Waals surface area contributed by atoms with Crippen LogP contribution in [0.15, 0.2) is 0 Å². The summed E-state index contributed by atoms with van der Waals surface area (Å²) in [5, 5.41) is 10.8. The van der Waals surface area contributed by atoms with E-state index in [4.69, 9.17) is 0 Å². The van der Waals surface area contributed by atoms with Gasteiger partial charge in [0.2, 0.25) is 0 Å². The van der Waals surface area contributed by atoms with Gasteiger partial charge in [0.25, 0.3) is 0 Å². The van der Waals surface area contributed by atoms with E-state index in [1.165, 1.54) is 6.42 Å². The highest BCUT2D eigenvalue weighted by Crippen LogP contribution is 2.67. The summed E-state index contributed by atoms with van der Waals surface area (Å²) in [6.07, 6.45) is 4.90. The number of hydrogen-bond donors (Lipinski definition) is 1. The minimum atomic E-state index is -0.251. The van der Waals surface area contributed by atoms with Crippen molar-refractivity contribution in [2.75, 3.05) is 0 Å². The van der Waals surface area contributed by atoms with E-state index in [1.807, 2.05) is 0 Å². The number of carbonyl (C=O) groups excluding carboxylic acids is 1. The lowest BCUT2D eigenvalue weighted by Crippen LogP contribution is -2.58. The molecule has 21 heavy (non-hydrogen) atoms. The van der Waals surface area contributed by atoms with Crippen LogP contribution in [0.3, 0.4) is 0 Å². The topological polar surface area (TPSA) is 37.3 Å². The van der Waals surface area contributed by atoms with E-state index in [2.05, 4.69) is 34.6 Å². The van der Waals surface area contributed by atoms with Gasteiger partial charge >= 0.3 is 0 Å². The summed E-state index contributed by atoms with van der Waals surface area (Å²) in [6.45, 7) is 11.5. The number of ketones is 1. The van der Waals surface area contributed by atoms with Gasteiger partial charge in [-0.3, -0.25) is 4.79 Å². The summed E-state index contributed by atoms with van der Waals surface area (Å²) >= 11 is 0. The van der Waals surface area contributed by atoms with Gasteiger partial charge in [-0.15, -0.1) is 0 Å². The van der Waals surface area contributed by atoms with Crippen molar-refractivity contribution in [3.05, 3.63) is 0 Å². The summed E-state index contributed by atoms with van der Waals surface area (Å²) < 4.78 is 0. The SMILES string of the molecule is CC1CC(C)C2(C)C(C)CCC3(CCC(=O)C32)C(C)C1O. The summed E-state index contributed by atoms with van der Waals surface area (Å²) in [7, 11) is 0. The van der Waals surface area contributed by atoms with Crippen molar-refractivity contribution in [3.63, 3.8) is 0 Å². The molecule has 0 heterocycles. The van der Waals surface area contributed by atoms with E-state index in [1.54, 1.807) is 0 Å². The summed E-state index contributed by atoms with van der Waals surface area (Å²) in [4.78, 5) is 12.8. The molecule has 0 aromatic carbocycles. The van der Waals surface area contributed by atoms with Gasteiger partial charge in [0.1, 0.15) is 5.78 Å². The zero-order valence-corrected chi connectivity index (χ0v) is 14.4. The Hall–Kier alpha value is -0.370. The predicted octanol–water partition coefficient (Wildman–Crippen LogP) is 4.06. The van der Waals surface area contributed by atoms with Crippen LogP contribution in [0, 0.1) is 40.4 Å². The average Bonchev–Trinajstić information content (AvgIpc) is 2.79. The molecule has 2 heteroatoms. The predicted molar refractivity (Wildman–Crippen MR) is 84.8 cm³/mol. The van der Waals surface area contributed by atoms with Gasteiger partial charge in [0.15, 0.2) is 0 Å². The molecule has 0 radical (unpaired) electrons. The first-order valence-electron chi connectivity index (χ1n) is 8.96. The van der Waals surface area contributed by atoms with Crippen LogP contribution < -0.4 is 0 Å². The maximum atomic E-state index is 12.8. The van der Waals surface area contributed by atoms with E-state index in [0.29, 0.717) is 23.5 Å². The van der Waals surface area contributed by atoms with E-state index < -0.39 is 0 Å². The van der Waals surface area contributed by atoms with Crippen LogP contribution in [0.2, 0.25) is 0 Å². The molecule has 120 valence electrons. The molecular weight excluding hydrogens is 260 g/mol. The highest BCUT2D eigenvalue weighted by atomic mass is 16.3. The van der Waals surface area contributed by atoms with Gasteiger partial charge < -0.3 is 5.11 Å². The normalized spacial score (nSPS) is 57.5. The van der Waals surface area contributed by atoms with Crippen LogP contribution >= 0.6 is 0 Å². The molecule has 0 aromatic heterocycles. The first-order chi connectivity index (χ1) is 9.75. The zero-order chi connectivity index (χ0) is 15.6. The first-order valence-corrected chi connectivity index (χ1v) is 8.96. The third-order valence-electron chi connectivity index (χ3n) is 8.25. The van der Waals surface area contributed by atoms with Gasteiger partial charge in [-0.1, -0.05) is 34.6 Å². The van der Waals surface area contributed by atoms with E-state index in [0.717, 1.165) is 25.7 Å². The van der Waals surface area contributed by atoms with Crippen molar-refractivity contribution in [2.24, 2.45) is 40.4 Å². The monoisotopic (exact) mass is 292 g/mol. The fourth-order valence-corrected chi connectivity index (χ4v) is 6.55. The minimum Gasteiger partial charge on any atom is -0.393 e. The lowest BCUT2D eigenvalue weighted by Gasteiger charge is -2.60. The number of rotatable bonds is 0. The molecule has 0 spiro atoms. The summed E-state index contributed by atoms with van der Waals surface area (Å²) in [5.41, 5.74) is 0.190. The molecule has 3 fully saturated rings. The molecular formula is C19H32O2. The fraction of sp³-hybridized carbons (Fsp3) is 0.947. The minimum absolute atomic E-state index is 0.0701. The Morgan fingerprint density at radius 2 is 1.76 bits per heavy atom. The molecule has 1 N–H and O–H groups in total. The molecule has 3 aliphatic rings. The molecule has 2 nitrogen and oxygen atoms in total. The summed E-state index contributed by atoms with van der Waals surface area (Å²) in [6, 6.07) is 0. The van der Waals surface area contributed by atoms with Crippen molar-refractivity contribution < 1.29 is 9.90 Å². The van der Waals surface area contributed by atoms with E-state index in [9.17, 15) is 9.90 Å². The van der Waals surface area contributed by atoms with Crippen LogP contribution in [0.4, 0.5) is 0 Å². The fourth-order valence-electron chi connectivity index (χ4n) is 6.55. The van der Waals surface area contributed by atoms with Crippen LogP contribution in [0.25, 0.3) is 0 Å². The van der Waals surface area contributed by atoms with Gasteiger partial charge in [0.05, 0.1) is 6.10 Å².